The summed E-state index contributed by atoms with van der Waals surface area (Å²) in [5, 5.41) is 3.31. The minimum absolute atomic E-state index is 0.125. The van der Waals surface area contributed by atoms with Gasteiger partial charge in [-0.25, -0.2) is 9.78 Å². The summed E-state index contributed by atoms with van der Waals surface area (Å²) < 4.78 is 7.24. The summed E-state index contributed by atoms with van der Waals surface area (Å²) in [6, 6.07) is 3.51. The van der Waals surface area contributed by atoms with Crippen molar-refractivity contribution in [3.8, 4) is 0 Å². The fourth-order valence-electron chi connectivity index (χ4n) is 3.67. The van der Waals surface area contributed by atoms with Crippen molar-refractivity contribution in [1.82, 2.24) is 24.7 Å². The number of hydrogen-bond donors (Lipinski definition) is 1. The first-order valence-corrected chi connectivity index (χ1v) is 11.1. The summed E-state index contributed by atoms with van der Waals surface area (Å²) in [7, 11) is 0. The van der Waals surface area contributed by atoms with Crippen LogP contribution in [-0.2, 0) is 11.3 Å². The first kappa shape index (κ1) is 23.7. The molecule has 1 fully saturated rings. The summed E-state index contributed by atoms with van der Waals surface area (Å²) in [6.45, 7) is 13.6. The van der Waals surface area contributed by atoms with Crippen LogP contribution in [0.2, 0.25) is 0 Å². The highest BCUT2D eigenvalue weighted by atomic mass is 16.6. The highest BCUT2D eigenvalue weighted by molar-refractivity contribution is 5.96. The third-order valence-corrected chi connectivity index (χ3v) is 5.38. The van der Waals surface area contributed by atoms with Gasteiger partial charge < -0.3 is 19.5 Å². The van der Waals surface area contributed by atoms with Crippen molar-refractivity contribution >= 4 is 23.0 Å². The number of nitrogens with zero attached hydrogens (tertiary/aromatic N) is 4. The van der Waals surface area contributed by atoms with E-state index in [1.807, 2.05) is 39.2 Å². The Morgan fingerprint density at radius 1 is 1.16 bits per heavy atom. The van der Waals surface area contributed by atoms with Gasteiger partial charge in [0.15, 0.2) is 0 Å². The standard InChI is InChI=1S/C23H33N5O4/c1-6-27-15-18(19(29)17-8-7-16(2)25-20(17)27)21(30)24-9-10-26-11-13-28(14-12-26)22(31)32-23(3,4)5/h7-8,15H,6,9-14H2,1-5H3,(H,24,30). The molecule has 1 saturated heterocycles. The zero-order chi connectivity index (χ0) is 23.5. The van der Waals surface area contributed by atoms with Crippen LogP contribution >= 0.6 is 0 Å². The lowest BCUT2D eigenvalue weighted by molar-refractivity contribution is 0.0147. The van der Waals surface area contributed by atoms with Crippen LogP contribution in [0.1, 0.15) is 43.7 Å². The number of aromatic nitrogens is 2. The predicted molar refractivity (Wildman–Crippen MR) is 123 cm³/mol. The molecule has 0 spiro atoms. The lowest BCUT2D eigenvalue weighted by Gasteiger charge is -2.35. The van der Waals surface area contributed by atoms with E-state index in [0.717, 1.165) is 5.69 Å². The number of ether oxygens (including phenoxy) is 1. The summed E-state index contributed by atoms with van der Waals surface area (Å²) in [4.78, 5) is 46.1. The summed E-state index contributed by atoms with van der Waals surface area (Å²) in [5.74, 6) is -0.382. The van der Waals surface area contributed by atoms with Gasteiger partial charge in [-0.3, -0.25) is 14.5 Å². The van der Waals surface area contributed by atoms with Gasteiger partial charge >= 0.3 is 6.09 Å². The average Bonchev–Trinajstić information content (AvgIpc) is 2.73. The fraction of sp³-hybridized carbons (Fsp3) is 0.565. The third kappa shape index (κ3) is 5.64. The Labute approximate surface area is 188 Å². The monoisotopic (exact) mass is 443 g/mol. The van der Waals surface area contributed by atoms with Crippen molar-refractivity contribution in [2.75, 3.05) is 39.3 Å². The van der Waals surface area contributed by atoms with Gasteiger partial charge in [-0.1, -0.05) is 0 Å². The van der Waals surface area contributed by atoms with E-state index in [1.54, 1.807) is 23.2 Å². The van der Waals surface area contributed by atoms with Crippen molar-refractivity contribution in [1.29, 1.82) is 0 Å². The van der Waals surface area contributed by atoms with Crippen LogP contribution in [0.15, 0.2) is 23.1 Å². The molecule has 3 rings (SSSR count). The van der Waals surface area contributed by atoms with Crippen LogP contribution in [0.4, 0.5) is 4.79 Å². The molecule has 0 aliphatic carbocycles. The molecule has 0 atom stereocenters. The fourth-order valence-corrected chi connectivity index (χ4v) is 3.67. The van der Waals surface area contributed by atoms with Gasteiger partial charge in [0, 0.05) is 57.7 Å². The molecule has 1 N–H and O–H groups in total. The van der Waals surface area contributed by atoms with Crippen molar-refractivity contribution < 1.29 is 14.3 Å². The van der Waals surface area contributed by atoms with E-state index >= 15 is 0 Å². The van der Waals surface area contributed by atoms with E-state index in [2.05, 4.69) is 15.2 Å². The molecule has 9 heteroatoms. The van der Waals surface area contributed by atoms with Gasteiger partial charge in [0.2, 0.25) is 5.43 Å². The zero-order valence-electron chi connectivity index (χ0n) is 19.6. The second-order valence-corrected chi connectivity index (χ2v) is 9.05. The number of carbonyl (C=O) groups is 2. The van der Waals surface area contributed by atoms with Crippen LogP contribution in [0, 0.1) is 6.92 Å². The van der Waals surface area contributed by atoms with Gasteiger partial charge in [-0.2, -0.15) is 0 Å². The number of rotatable bonds is 5. The molecule has 174 valence electrons. The van der Waals surface area contributed by atoms with E-state index in [9.17, 15) is 14.4 Å². The number of carbonyl (C=O) groups excluding carboxylic acids is 2. The Kier molecular flexibility index (Phi) is 7.18. The minimum atomic E-state index is -0.507. The second-order valence-electron chi connectivity index (χ2n) is 9.05. The van der Waals surface area contributed by atoms with Crippen LogP contribution < -0.4 is 10.7 Å². The Balaban J connectivity index is 1.55. The Morgan fingerprint density at radius 2 is 1.84 bits per heavy atom. The third-order valence-electron chi connectivity index (χ3n) is 5.38. The van der Waals surface area contributed by atoms with Gasteiger partial charge in [-0.15, -0.1) is 0 Å². The highest BCUT2D eigenvalue weighted by Gasteiger charge is 2.25. The maximum atomic E-state index is 12.8. The maximum Gasteiger partial charge on any atom is 0.410 e. The Morgan fingerprint density at radius 3 is 2.47 bits per heavy atom. The summed E-state index contributed by atoms with van der Waals surface area (Å²) in [5.41, 5.74) is 0.729. The van der Waals surface area contributed by atoms with Crippen molar-refractivity contribution in [3.05, 3.63) is 39.8 Å². The topological polar surface area (TPSA) is 96.8 Å². The SMILES string of the molecule is CCn1cc(C(=O)NCCN2CCN(C(=O)OC(C)(C)C)CC2)c(=O)c2ccc(C)nc21. The van der Waals surface area contributed by atoms with Crippen LogP contribution in [0.3, 0.4) is 0 Å². The number of aryl methyl sites for hydroxylation is 2. The lowest BCUT2D eigenvalue weighted by Crippen LogP contribution is -2.51. The van der Waals surface area contributed by atoms with Crippen LogP contribution in [0.25, 0.3) is 11.0 Å². The molecule has 9 nitrogen and oxygen atoms in total. The number of fused-ring (bicyclic) bond motifs is 1. The average molecular weight is 444 g/mol. The smallest absolute Gasteiger partial charge is 0.410 e. The molecule has 1 aliphatic heterocycles. The molecular weight excluding hydrogens is 410 g/mol. The molecule has 0 bridgehead atoms. The highest BCUT2D eigenvalue weighted by Crippen LogP contribution is 2.12. The number of nitrogens with one attached hydrogen (secondary N) is 1. The number of piperazine rings is 1. The normalized spacial score (nSPS) is 15.1. The summed E-state index contributed by atoms with van der Waals surface area (Å²) >= 11 is 0. The molecule has 0 radical (unpaired) electrons. The molecule has 2 aromatic rings. The second kappa shape index (κ2) is 9.68. The van der Waals surface area contributed by atoms with E-state index < -0.39 is 5.60 Å². The molecule has 32 heavy (non-hydrogen) atoms. The molecule has 1 aliphatic rings. The quantitative estimate of drug-likeness (QED) is 0.759. The van der Waals surface area contributed by atoms with E-state index in [4.69, 9.17) is 4.74 Å². The van der Waals surface area contributed by atoms with Crippen LogP contribution in [-0.4, -0.2) is 76.2 Å². The van der Waals surface area contributed by atoms with Gasteiger partial charge in [0.05, 0.1) is 5.39 Å². The zero-order valence-corrected chi connectivity index (χ0v) is 19.6. The van der Waals surface area contributed by atoms with E-state index in [-0.39, 0.29) is 23.0 Å². The number of hydrogen-bond acceptors (Lipinski definition) is 6. The van der Waals surface area contributed by atoms with Gasteiger partial charge in [0.25, 0.3) is 5.91 Å². The Bertz CT molecular complexity index is 1050. The first-order chi connectivity index (χ1) is 15.1. The number of pyridine rings is 2. The molecule has 2 aromatic heterocycles. The molecule has 0 saturated carbocycles. The van der Waals surface area contributed by atoms with Gasteiger partial charge in [-0.05, 0) is 46.8 Å². The molecule has 0 unspecified atom stereocenters. The van der Waals surface area contributed by atoms with Crippen LogP contribution in [0.5, 0.6) is 0 Å². The summed E-state index contributed by atoms with van der Waals surface area (Å²) in [6.07, 6.45) is 1.30. The van der Waals surface area contributed by atoms with E-state index in [1.165, 1.54) is 0 Å². The van der Waals surface area contributed by atoms with Crippen molar-refractivity contribution in [2.45, 2.75) is 46.8 Å². The largest absolute Gasteiger partial charge is 0.444 e. The first-order valence-electron chi connectivity index (χ1n) is 11.1. The Hall–Kier alpha value is -2.94. The lowest BCUT2D eigenvalue weighted by atomic mass is 10.1. The van der Waals surface area contributed by atoms with E-state index in [0.29, 0.717) is 56.8 Å². The predicted octanol–water partition coefficient (Wildman–Crippen LogP) is 2.01. The molecular formula is C23H33N5O4. The molecule has 0 aromatic carbocycles. The van der Waals surface area contributed by atoms with Crippen molar-refractivity contribution in [3.63, 3.8) is 0 Å². The molecule has 2 amide bonds. The maximum absolute atomic E-state index is 12.8. The van der Waals surface area contributed by atoms with Crippen molar-refractivity contribution in [2.24, 2.45) is 0 Å². The number of amides is 2. The van der Waals surface area contributed by atoms with Gasteiger partial charge in [0.1, 0.15) is 16.8 Å². The molecule has 3 heterocycles. The minimum Gasteiger partial charge on any atom is -0.444 e.